The normalized spacial score (nSPS) is 21.2. The van der Waals surface area contributed by atoms with Crippen LogP contribution < -0.4 is 15.0 Å². The zero-order chi connectivity index (χ0) is 42.5. The van der Waals surface area contributed by atoms with Gasteiger partial charge in [0.2, 0.25) is 0 Å². The average Bonchev–Trinajstić information content (AvgIpc) is 3.43. The smallest absolute Gasteiger partial charge is 0.412 e. The second kappa shape index (κ2) is 14.6. The largest absolute Gasteiger partial charge is 0.463 e. The Labute approximate surface area is 348 Å². The number of ether oxygens (including phenoxy) is 4. The number of fused-ring (bicyclic) bond motifs is 6. The van der Waals surface area contributed by atoms with Crippen molar-refractivity contribution in [2.75, 3.05) is 49.5 Å². The van der Waals surface area contributed by atoms with Gasteiger partial charge in [-0.25, -0.2) is 22.8 Å². The van der Waals surface area contributed by atoms with E-state index in [1.165, 1.54) is 0 Å². The fourth-order valence-corrected chi connectivity index (χ4v) is 9.96. The molecule has 3 aromatic heterocycles. The SMILES string of the molecule is CC(C)(C)OC(=O)Nc1sc2c(F)cnc(-c3c4c(c5c(N6C7CCC6CN(C(=O)OC(C)(C)C)C7)nc(OCC6(CN7CC(F)C7)CC6)nc5c3F)COC4)c2c1C#N. The number of halogens is 3. The van der Waals surface area contributed by atoms with E-state index in [9.17, 15) is 19.2 Å². The second-order valence-corrected chi connectivity index (χ2v) is 19.7. The number of carbonyl (C=O) groups excluding carboxylic acids is 2. The van der Waals surface area contributed by atoms with E-state index in [2.05, 4.69) is 26.2 Å². The Morgan fingerprint density at radius 2 is 1.68 bits per heavy atom. The molecule has 60 heavy (non-hydrogen) atoms. The number of nitrogens with one attached hydrogen (secondary N) is 1. The zero-order valence-corrected chi connectivity index (χ0v) is 35.2. The quantitative estimate of drug-likeness (QED) is 0.184. The van der Waals surface area contributed by atoms with Gasteiger partial charge in [-0.15, -0.1) is 11.3 Å². The summed E-state index contributed by atoms with van der Waals surface area (Å²) in [5.41, 5.74) is -0.822. The summed E-state index contributed by atoms with van der Waals surface area (Å²) in [5.74, 6) is -1.08. The summed E-state index contributed by atoms with van der Waals surface area (Å²) >= 11 is 0.825. The molecule has 4 aromatic rings. The predicted molar refractivity (Wildman–Crippen MR) is 217 cm³/mol. The van der Waals surface area contributed by atoms with E-state index in [0.29, 0.717) is 55.1 Å². The summed E-state index contributed by atoms with van der Waals surface area (Å²) in [6.45, 7) is 13.1. The maximum atomic E-state index is 17.9. The molecular weight excluding hydrogens is 802 g/mol. The molecule has 1 aromatic carbocycles. The lowest BCUT2D eigenvalue weighted by molar-refractivity contribution is 0.0209. The van der Waals surface area contributed by atoms with Crippen molar-refractivity contribution in [1.82, 2.24) is 24.8 Å². The van der Waals surface area contributed by atoms with E-state index in [-0.39, 0.29) is 80.8 Å². The number of carbonyl (C=O) groups is 2. The van der Waals surface area contributed by atoms with Crippen LogP contribution in [-0.4, -0.2) is 106 Å². The molecule has 318 valence electrons. The number of aromatic nitrogens is 3. The minimum atomic E-state index is -0.846. The van der Waals surface area contributed by atoms with Crippen molar-refractivity contribution in [2.45, 2.75) is 110 Å². The topological polar surface area (TPSA) is 155 Å². The van der Waals surface area contributed by atoms with Gasteiger partial charge in [0.25, 0.3) is 0 Å². The van der Waals surface area contributed by atoms with Gasteiger partial charge in [0.1, 0.15) is 39.8 Å². The molecule has 1 aliphatic carbocycles. The van der Waals surface area contributed by atoms with E-state index in [1.54, 1.807) is 25.7 Å². The van der Waals surface area contributed by atoms with Crippen LogP contribution in [0.5, 0.6) is 6.01 Å². The van der Waals surface area contributed by atoms with Crippen LogP contribution in [0.15, 0.2) is 6.20 Å². The molecule has 7 heterocycles. The summed E-state index contributed by atoms with van der Waals surface area (Å²) < 4.78 is 70.7. The number of nitrogens with zero attached hydrogens (tertiary/aromatic N) is 7. The Balaban J connectivity index is 1.17. The lowest BCUT2D eigenvalue weighted by Gasteiger charge is -2.42. The fraction of sp³-hybridized carbons (Fsp3) is 0.571. The number of hydrogen-bond donors (Lipinski definition) is 1. The van der Waals surface area contributed by atoms with Crippen molar-refractivity contribution in [3.8, 4) is 23.3 Å². The van der Waals surface area contributed by atoms with Crippen LogP contribution in [0, 0.1) is 28.4 Å². The first-order valence-electron chi connectivity index (χ1n) is 20.3. The molecule has 0 radical (unpaired) electrons. The Morgan fingerprint density at radius 1 is 1.00 bits per heavy atom. The number of hydrogen-bond acceptors (Lipinski definition) is 13. The third-order valence-corrected chi connectivity index (χ3v) is 12.8. The van der Waals surface area contributed by atoms with Crippen LogP contribution in [0.3, 0.4) is 0 Å². The third kappa shape index (κ3) is 7.42. The highest BCUT2D eigenvalue weighted by molar-refractivity contribution is 7.23. The number of piperazine rings is 1. The Bertz CT molecular complexity index is 2460. The van der Waals surface area contributed by atoms with Gasteiger partial charge in [-0.05, 0) is 78.4 Å². The highest BCUT2D eigenvalue weighted by atomic mass is 32.1. The maximum Gasteiger partial charge on any atom is 0.412 e. The van der Waals surface area contributed by atoms with Gasteiger partial charge in [-0.1, -0.05) is 0 Å². The summed E-state index contributed by atoms with van der Waals surface area (Å²) in [6.07, 6.45) is 2.19. The number of likely N-dealkylation sites (tertiary alicyclic amines) is 2. The standard InChI is InChI=1S/C42H47F3N8O6S/c1-40(2,3)58-38(54)50-36-24(11-46)29-32(47-12-27(44)34(29)60-36)28-25-17-56-18-26(25)30-33(31(28)45)48-37(57-20-42(9-10-42)19-51-13-21(43)14-51)49-35(30)53-22-7-8-23(53)16-52(15-22)39(55)59-41(4,5)6/h12,21-23H,7-10,13-20H2,1-6H3,(H,50,54). The van der Waals surface area contributed by atoms with Crippen LogP contribution in [0.4, 0.5) is 33.6 Å². The molecule has 2 bridgehead atoms. The zero-order valence-electron chi connectivity index (χ0n) is 34.4. The van der Waals surface area contributed by atoms with Crippen LogP contribution >= 0.6 is 11.3 Å². The van der Waals surface area contributed by atoms with E-state index in [0.717, 1.165) is 43.2 Å². The predicted octanol–water partition coefficient (Wildman–Crippen LogP) is 7.83. The van der Waals surface area contributed by atoms with Crippen molar-refractivity contribution in [2.24, 2.45) is 5.41 Å². The van der Waals surface area contributed by atoms with Crippen molar-refractivity contribution in [3.05, 3.63) is 34.5 Å². The summed E-state index contributed by atoms with van der Waals surface area (Å²) in [4.78, 5) is 46.2. The van der Waals surface area contributed by atoms with E-state index < -0.39 is 41.2 Å². The van der Waals surface area contributed by atoms with Crippen LogP contribution in [0.1, 0.15) is 83.9 Å². The van der Waals surface area contributed by atoms with Gasteiger partial charge in [0.05, 0.1) is 47.4 Å². The summed E-state index contributed by atoms with van der Waals surface area (Å²) in [7, 11) is 0. The van der Waals surface area contributed by atoms with Gasteiger partial charge < -0.3 is 28.7 Å². The molecule has 2 amide bonds. The highest BCUT2D eigenvalue weighted by Gasteiger charge is 2.48. The average molecular weight is 849 g/mol. The first-order chi connectivity index (χ1) is 28.4. The lowest BCUT2D eigenvalue weighted by Crippen LogP contribution is -2.56. The number of anilines is 2. The molecule has 2 unspecified atom stereocenters. The molecule has 18 heteroatoms. The number of benzene rings is 1. The van der Waals surface area contributed by atoms with Crippen molar-refractivity contribution >= 4 is 55.3 Å². The van der Waals surface area contributed by atoms with E-state index in [4.69, 9.17) is 28.9 Å². The lowest BCUT2D eigenvalue weighted by atomic mass is 9.93. The van der Waals surface area contributed by atoms with Crippen molar-refractivity contribution in [3.63, 3.8) is 0 Å². The Hall–Kier alpha value is -4.99. The highest BCUT2D eigenvalue weighted by Crippen LogP contribution is 2.50. The molecule has 0 spiro atoms. The number of nitriles is 1. The molecule has 1 saturated carbocycles. The summed E-state index contributed by atoms with van der Waals surface area (Å²) in [5, 5.41) is 13.5. The first kappa shape index (κ1) is 40.4. The number of pyridine rings is 1. The van der Waals surface area contributed by atoms with Crippen LogP contribution in [0.25, 0.3) is 32.2 Å². The molecule has 3 saturated heterocycles. The first-order valence-corrected chi connectivity index (χ1v) is 21.1. The molecule has 9 rings (SSSR count). The van der Waals surface area contributed by atoms with Gasteiger partial charge in [-0.2, -0.15) is 15.2 Å². The van der Waals surface area contributed by atoms with Gasteiger partial charge in [0, 0.05) is 61.2 Å². The van der Waals surface area contributed by atoms with Gasteiger partial charge in [0.15, 0.2) is 11.6 Å². The third-order valence-electron chi connectivity index (χ3n) is 11.7. The van der Waals surface area contributed by atoms with E-state index in [1.807, 2.05) is 20.8 Å². The Kier molecular flexibility index (Phi) is 9.82. The van der Waals surface area contributed by atoms with Crippen LogP contribution in [-0.2, 0) is 27.4 Å². The minimum absolute atomic E-state index is 0.00221. The molecule has 14 nitrogen and oxygen atoms in total. The molecule has 2 atom stereocenters. The molecule has 5 aliphatic rings. The Morgan fingerprint density at radius 3 is 2.32 bits per heavy atom. The maximum absolute atomic E-state index is 17.9. The number of amides is 2. The monoisotopic (exact) mass is 848 g/mol. The van der Waals surface area contributed by atoms with Gasteiger partial charge >= 0.3 is 18.2 Å². The molecule has 4 fully saturated rings. The number of rotatable bonds is 8. The second-order valence-electron chi connectivity index (χ2n) is 18.7. The summed E-state index contributed by atoms with van der Waals surface area (Å²) in [6, 6.07) is 1.70. The fourth-order valence-electron chi connectivity index (χ4n) is 8.92. The van der Waals surface area contributed by atoms with Crippen molar-refractivity contribution < 1.29 is 41.7 Å². The number of alkyl halides is 1. The van der Waals surface area contributed by atoms with Crippen molar-refractivity contribution in [1.29, 1.82) is 5.26 Å². The van der Waals surface area contributed by atoms with Crippen LogP contribution in [0.2, 0.25) is 0 Å². The molecular formula is C42H47F3N8O6S. The van der Waals surface area contributed by atoms with Gasteiger partial charge in [-0.3, -0.25) is 15.2 Å². The number of thiophene rings is 1. The molecule has 4 aliphatic heterocycles. The molecule has 1 N–H and O–H groups in total. The van der Waals surface area contributed by atoms with E-state index >= 15 is 8.78 Å². The minimum Gasteiger partial charge on any atom is -0.463 e.